The van der Waals surface area contributed by atoms with Gasteiger partial charge in [0.1, 0.15) is 0 Å². The van der Waals surface area contributed by atoms with Gasteiger partial charge in [-0.3, -0.25) is 14.5 Å². The molecule has 1 fully saturated rings. The highest BCUT2D eigenvalue weighted by molar-refractivity contribution is 7.08. The highest BCUT2D eigenvalue weighted by Gasteiger charge is 2.22. The van der Waals surface area contributed by atoms with E-state index in [1.165, 1.54) is 11.3 Å². The number of amides is 2. The number of nitrogens with zero attached hydrogens (tertiary/aromatic N) is 1. The molecule has 0 spiro atoms. The number of hydrogen-bond acceptors (Lipinski definition) is 4. The third-order valence-electron chi connectivity index (χ3n) is 4.41. The molecule has 6 heteroatoms. The van der Waals surface area contributed by atoms with Crippen LogP contribution in [0.5, 0.6) is 0 Å². The average molecular weight is 357 g/mol. The predicted molar refractivity (Wildman–Crippen MR) is 99.5 cm³/mol. The average Bonchev–Trinajstić information content (AvgIpc) is 3.17. The monoisotopic (exact) mass is 357 g/mol. The Bertz CT molecular complexity index is 680. The number of benzene rings is 1. The van der Waals surface area contributed by atoms with Gasteiger partial charge in [0.25, 0.3) is 5.91 Å². The molecule has 1 aliphatic heterocycles. The molecule has 0 radical (unpaired) electrons. The summed E-state index contributed by atoms with van der Waals surface area (Å²) in [5, 5.41) is 9.81. The lowest BCUT2D eigenvalue weighted by Gasteiger charge is -2.31. The highest BCUT2D eigenvalue weighted by Crippen LogP contribution is 2.12. The van der Waals surface area contributed by atoms with Crippen LogP contribution in [0, 0.1) is 0 Å². The molecule has 0 bridgehead atoms. The first-order valence-corrected chi connectivity index (χ1v) is 9.51. The Hall–Kier alpha value is -2.18. The van der Waals surface area contributed by atoms with Crippen LogP contribution in [-0.2, 0) is 11.3 Å². The minimum atomic E-state index is 0.000282. The molecule has 1 saturated heterocycles. The standard InChI is InChI=1S/C19H23N3O2S/c23-18(20-12-15-4-2-1-3-5-15)13-22-9-6-17(7-10-22)21-19(24)16-8-11-25-14-16/h1-5,8,11,14,17H,6-7,9-10,12-13H2,(H,20,23)(H,21,24). The van der Waals surface area contributed by atoms with Gasteiger partial charge in [-0.05, 0) is 29.9 Å². The summed E-state index contributed by atoms with van der Waals surface area (Å²) >= 11 is 1.53. The van der Waals surface area contributed by atoms with E-state index in [0.717, 1.165) is 37.1 Å². The van der Waals surface area contributed by atoms with Crippen molar-refractivity contribution in [1.82, 2.24) is 15.5 Å². The molecule has 0 atom stereocenters. The van der Waals surface area contributed by atoms with Gasteiger partial charge in [0, 0.05) is 36.6 Å². The Kier molecular flexibility index (Phi) is 6.19. The maximum atomic E-state index is 12.1. The van der Waals surface area contributed by atoms with E-state index in [9.17, 15) is 9.59 Å². The van der Waals surface area contributed by atoms with E-state index in [-0.39, 0.29) is 17.9 Å². The van der Waals surface area contributed by atoms with Crippen LogP contribution in [0.1, 0.15) is 28.8 Å². The quantitative estimate of drug-likeness (QED) is 0.834. The van der Waals surface area contributed by atoms with Crippen LogP contribution in [0.25, 0.3) is 0 Å². The molecule has 2 amide bonds. The van der Waals surface area contributed by atoms with Crippen LogP contribution in [-0.4, -0.2) is 42.4 Å². The van der Waals surface area contributed by atoms with Crippen molar-refractivity contribution in [2.75, 3.05) is 19.6 Å². The van der Waals surface area contributed by atoms with E-state index in [1.54, 1.807) is 0 Å². The molecule has 2 heterocycles. The first-order chi connectivity index (χ1) is 12.2. The van der Waals surface area contributed by atoms with Crippen molar-refractivity contribution < 1.29 is 9.59 Å². The third kappa shape index (κ3) is 5.41. The second-order valence-electron chi connectivity index (χ2n) is 6.30. The van der Waals surface area contributed by atoms with E-state index < -0.39 is 0 Å². The van der Waals surface area contributed by atoms with E-state index in [2.05, 4.69) is 15.5 Å². The van der Waals surface area contributed by atoms with Crippen molar-refractivity contribution in [3.63, 3.8) is 0 Å². The van der Waals surface area contributed by atoms with Crippen LogP contribution >= 0.6 is 11.3 Å². The fourth-order valence-corrected chi connectivity index (χ4v) is 3.59. The van der Waals surface area contributed by atoms with Crippen LogP contribution in [0.4, 0.5) is 0 Å². The molecule has 1 aliphatic rings. The van der Waals surface area contributed by atoms with Crippen molar-refractivity contribution in [2.24, 2.45) is 0 Å². The zero-order valence-electron chi connectivity index (χ0n) is 14.1. The summed E-state index contributed by atoms with van der Waals surface area (Å²) in [6.07, 6.45) is 1.75. The second-order valence-corrected chi connectivity index (χ2v) is 7.08. The molecule has 3 rings (SSSR count). The Morgan fingerprint density at radius 1 is 1.12 bits per heavy atom. The maximum absolute atomic E-state index is 12.1. The Balaban J connectivity index is 1.36. The first kappa shape index (κ1) is 17.6. The van der Waals surface area contributed by atoms with E-state index in [4.69, 9.17) is 0 Å². The number of piperidine rings is 1. The second kappa shape index (κ2) is 8.78. The number of thiophene rings is 1. The molecule has 132 valence electrons. The molecule has 1 aromatic carbocycles. The summed E-state index contributed by atoms with van der Waals surface area (Å²) in [6, 6.07) is 11.9. The summed E-state index contributed by atoms with van der Waals surface area (Å²) < 4.78 is 0. The number of hydrogen-bond donors (Lipinski definition) is 2. The van der Waals surface area contributed by atoms with E-state index in [0.29, 0.717) is 13.1 Å². The lowest BCUT2D eigenvalue weighted by molar-refractivity contribution is -0.122. The van der Waals surface area contributed by atoms with Gasteiger partial charge in [0.15, 0.2) is 0 Å². The largest absolute Gasteiger partial charge is 0.351 e. The summed E-state index contributed by atoms with van der Waals surface area (Å²) in [4.78, 5) is 26.3. The fraction of sp³-hybridized carbons (Fsp3) is 0.368. The first-order valence-electron chi connectivity index (χ1n) is 8.57. The van der Waals surface area contributed by atoms with Crippen LogP contribution in [0.2, 0.25) is 0 Å². The molecule has 5 nitrogen and oxygen atoms in total. The molecule has 25 heavy (non-hydrogen) atoms. The predicted octanol–water partition coefficient (Wildman–Crippen LogP) is 2.26. The van der Waals surface area contributed by atoms with Gasteiger partial charge >= 0.3 is 0 Å². The van der Waals surface area contributed by atoms with Gasteiger partial charge in [0.05, 0.1) is 6.54 Å². The Labute approximate surface area is 152 Å². The molecule has 0 aliphatic carbocycles. The van der Waals surface area contributed by atoms with Crippen molar-refractivity contribution >= 4 is 23.2 Å². The maximum Gasteiger partial charge on any atom is 0.252 e. The summed E-state index contributed by atoms with van der Waals surface area (Å²) in [5.41, 5.74) is 1.83. The van der Waals surface area contributed by atoms with Crippen molar-refractivity contribution in [3.05, 3.63) is 58.3 Å². The van der Waals surface area contributed by atoms with Crippen LogP contribution in [0.3, 0.4) is 0 Å². The van der Waals surface area contributed by atoms with Gasteiger partial charge in [-0.25, -0.2) is 0 Å². The number of rotatable bonds is 6. The fourth-order valence-electron chi connectivity index (χ4n) is 2.95. The number of carbonyl (C=O) groups is 2. The van der Waals surface area contributed by atoms with Gasteiger partial charge in [-0.2, -0.15) is 11.3 Å². The van der Waals surface area contributed by atoms with Gasteiger partial charge in [-0.15, -0.1) is 0 Å². The summed E-state index contributed by atoms with van der Waals surface area (Å²) in [7, 11) is 0. The molecule has 2 N–H and O–H groups in total. The topological polar surface area (TPSA) is 61.4 Å². The third-order valence-corrected chi connectivity index (χ3v) is 5.09. The molecule has 2 aromatic rings. The van der Waals surface area contributed by atoms with Crippen LogP contribution < -0.4 is 10.6 Å². The molecule has 0 unspecified atom stereocenters. The van der Waals surface area contributed by atoms with Gasteiger partial charge in [0.2, 0.25) is 5.91 Å². The zero-order chi connectivity index (χ0) is 17.5. The van der Waals surface area contributed by atoms with Crippen molar-refractivity contribution in [3.8, 4) is 0 Å². The molecule has 1 aromatic heterocycles. The lowest BCUT2D eigenvalue weighted by Crippen LogP contribution is -2.47. The minimum Gasteiger partial charge on any atom is -0.351 e. The normalized spacial score (nSPS) is 15.7. The zero-order valence-corrected chi connectivity index (χ0v) is 14.9. The number of likely N-dealkylation sites (tertiary alicyclic amines) is 1. The minimum absolute atomic E-state index is 0.000282. The Morgan fingerprint density at radius 2 is 1.88 bits per heavy atom. The van der Waals surface area contributed by atoms with E-state index in [1.807, 2.05) is 47.2 Å². The molecular weight excluding hydrogens is 334 g/mol. The summed E-state index contributed by atoms with van der Waals surface area (Å²) in [5.74, 6) is 0.0462. The molecular formula is C19H23N3O2S. The molecule has 0 saturated carbocycles. The van der Waals surface area contributed by atoms with Gasteiger partial charge in [-0.1, -0.05) is 30.3 Å². The number of nitrogens with one attached hydrogen (secondary N) is 2. The SMILES string of the molecule is O=C(CN1CCC(NC(=O)c2ccsc2)CC1)NCc1ccccc1. The Morgan fingerprint density at radius 3 is 2.56 bits per heavy atom. The smallest absolute Gasteiger partial charge is 0.252 e. The van der Waals surface area contributed by atoms with Crippen LogP contribution in [0.15, 0.2) is 47.2 Å². The van der Waals surface area contributed by atoms with Gasteiger partial charge < -0.3 is 10.6 Å². The van der Waals surface area contributed by atoms with Crippen molar-refractivity contribution in [1.29, 1.82) is 0 Å². The van der Waals surface area contributed by atoms with Crippen molar-refractivity contribution in [2.45, 2.75) is 25.4 Å². The number of carbonyl (C=O) groups excluding carboxylic acids is 2. The highest BCUT2D eigenvalue weighted by atomic mass is 32.1. The summed E-state index contributed by atoms with van der Waals surface area (Å²) in [6.45, 7) is 2.63. The lowest BCUT2D eigenvalue weighted by atomic mass is 10.0. The van der Waals surface area contributed by atoms with E-state index >= 15 is 0 Å².